The van der Waals surface area contributed by atoms with Crippen molar-refractivity contribution in [3.05, 3.63) is 63.1 Å². The van der Waals surface area contributed by atoms with Crippen molar-refractivity contribution in [1.82, 2.24) is 10.2 Å². The molecule has 0 saturated carbocycles. The van der Waals surface area contributed by atoms with Crippen LogP contribution in [0, 0.1) is 6.92 Å². The van der Waals surface area contributed by atoms with Crippen LogP contribution in [0.2, 0.25) is 5.02 Å². The molecule has 0 radical (unpaired) electrons. The monoisotopic (exact) mass is 452 g/mol. The summed E-state index contributed by atoms with van der Waals surface area (Å²) in [5.74, 6) is 0.0471. The number of nitrogens with zero attached hydrogens (tertiary/aromatic N) is 1. The normalized spacial score (nSPS) is 11.6. The Morgan fingerprint density at radius 3 is 2.48 bits per heavy atom. The highest BCUT2D eigenvalue weighted by molar-refractivity contribution is 9.10. The predicted molar refractivity (Wildman–Crippen MR) is 110 cm³/mol. The Bertz CT molecular complexity index is 811. The van der Waals surface area contributed by atoms with Crippen molar-refractivity contribution in [3.63, 3.8) is 0 Å². The Balaban J connectivity index is 2.12. The zero-order valence-corrected chi connectivity index (χ0v) is 17.8. The molecule has 0 aliphatic heterocycles. The minimum Gasteiger partial charge on any atom is -0.484 e. The molecule has 2 aromatic rings. The maximum atomic E-state index is 12.8. The fourth-order valence-electron chi connectivity index (χ4n) is 2.51. The standard InChI is InChI=1S/C20H22BrClN2O3/c1-13-10-17(8-9-18(13)22)27-12-19(25)24(14(2)20(26)23-3)11-15-4-6-16(21)7-5-15/h4-10,14H,11-12H2,1-3H3,(H,23,26)/t14-/m0/s1. The van der Waals surface area contributed by atoms with Crippen LogP contribution in [0.5, 0.6) is 5.75 Å². The van der Waals surface area contributed by atoms with E-state index < -0.39 is 6.04 Å². The summed E-state index contributed by atoms with van der Waals surface area (Å²) in [6.07, 6.45) is 0. The third kappa shape index (κ3) is 5.97. The summed E-state index contributed by atoms with van der Waals surface area (Å²) >= 11 is 9.40. The van der Waals surface area contributed by atoms with Gasteiger partial charge in [0.25, 0.3) is 5.91 Å². The van der Waals surface area contributed by atoms with Crippen LogP contribution < -0.4 is 10.1 Å². The van der Waals surface area contributed by atoms with E-state index in [-0.39, 0.29) is 18.4 Å². The third-order valence-electron chi connectivity index (χ3n) is 4.17. The van der Waals surface area contributed by atoms with Gasteiger partial charge in [-0.2, -0.15) is 0 Å². The van der Waals surface area contributed by atoms with Crippen molar-refractivity contribution in [2.45, 2.75) is 26.4 Å². The van der Waals surface area contributed by atoms with Crippen molar-refractivity contribution >= 4 is 39.3 Å². The van der Waals surface area contributed by atoms with E-state index in [0.29, 0.717) is 17.3 Å². The van der Waals surface area contributed by atoms with Crippen LogP contribution in [0.4, 0.5) is 0 Å². The average molecular weight is 454 g/mol. The van der Waals surface area contributed by atoms with Gasteiger partial charge in [-0.25, -0.2) is 0 Å². The highest BCUT2D eigenvalue weighted by atomic mass is 79.9. The number of aryl methyl sites for hydroxylation is 1. The molecule has 5 nitrogen and oxygen atoms in total. The van der Waals surface area contributed by atoms with Gasteiger partial charge in [0, 0.05) is 23.1 Å². The fraction of sp³-hybridized carbons (Fsp3) is 0.300. The van der Waals surface area contributed by atoms with Crippen molar-refractivity contribution in [2.24, 2.45) is 0 Å². The number of nitrogens with one attached hydrogen (secondary N) is 1. The summed E-state index contributed by atoms with van der Waals surface area (Å²) < 4.78 is 6.56. The Kier molecular flexibility index (Phi) is 7.68. The van der Waals surface area contributed by atoms with E-state index in [2.05, 4.69) is 21.2 Å². The number of hydrogen-bond acceptors (Lipinski definition) is 3. The molecule has 2 rings (SSSR count). The number of carbonyl (C=O) groups excluding carboxylic acids is 2. The van der Waals surface area contributed by atoms with E-state index >= 15 is 0 Å². The van der Waals surface area contributed by atoms with Crippen LogP contribution >= 0.6 is 27.5 Å². The molecule has 0 spiro atoms. The van der Waals surface area contributed by atoms with Crippen molar-refractivity contribution in [2.75, 3.05) is 13.7 Å². The molecule has 0 heterocycles. The molecule has 0 saturated heterocycles. The van der Waals surface area contributed by atoms with Gasteiger partial charge in [0.05, 0.1) is 0 Å². The molecule has 0 aliphatic carbocycles. The number of carbonyl (C=O) groups is 2. The lowest BCUT2D eigenvalue weighted by atomic mass is 10.1. The van der Waals surface area contributed by atoms with Gasteiger partial charge in [0.2, 0.25) is 5.91 Å². The second-order valence-corrected chi connectivity index (χ2v) is 7.46. The molecule has 1 atom stereocenters. The number of benzene rings is 2. The Hall–Kier alpha value is -2.05. The van der Waals surface area contributed by atoms with Crippen LogP contribution in [0.1, 0.15) is 18.1 Å². The quantitative estimate of drug-likeness (QED) is 0.690. The molecule has 0 bridgehead atoms. The predicted octanol–water partition coefficient (Wildman–Crippen LogP) is 3.95. The molecule has 7 heteroatoms. The Morgan fingerprint density at radius 2 is 1.89 bits per heavy atom. The second kappa shape index (κ2) is 9.76. The summed E-state index contributed by atoms with van der Waals surface area (Å²) in [6, 6.07) is 12.2. The maximum absolute atomic E-state index is 12.8. The first-order valence-electron chi connectivity index (χ1n) is 8.46. The van der Waals surface area contributed by atoms with Crippen molar-refractivity contribution in [1.29, 1.82) is 0 Å². The summed E-state index contributed by atoms with van der Waals surface area (Å²) in [5.41, 5.74) is 1.79. The van der Waals surface area contributed by atoms with Gasteiger partial charge in [-0.15, -0.1) is 0 Å². The van der Waals surface area contributed by atoms with E-state index in [1.807, 2.05) is 31.2 Å². The van der Waals surface area contributed by atoms with E-state index in [4.69, 9.17) is 16.3 Å². The maximum Gasteiger partial charge on any atom is 0.261 e. The lowest BCUT2D eigenvalue weighted by Gasteiger charge is -2.28. The van der Waals surface area contributed by atoms with Gasteiger partial charge in [0.15, 0.2) is 6.61 Å². The van der Waals surface area contributed by atoms with Crippen molar-refractivity contribution < 1.29 is 14.3 Å². The summed E-state index contributed by atoms with van der Waals surface area (Å²) in [4.78, 5) is 26.4. The van der Waals surface area contributed by atoms with Gasteiger partial charge in [-0.3, -0.25) is 9.59 Å². The SMILES string of the molecule is CNC(=O)[C@H](C)N(Cc1ccc(Br)cc1)C(=O)COc1ccc(Cl)c(C)c1. The first-order valence-corrected chi connectivity index (χ1v) is 9.63. The third-order valence-corrected chi connectivity index (χ3v) is 5.12. The molecular formula is C20H22BrClN2O3. The number of halogens is 2. The van der Waals surface area contributed by atoms with Gasteiger partial charge >= 0.3 is 0 Å². The van der Waals surface area contributed by atoms with E-state index in [1.165, 1.54) is 4.90 Å². The number of ether oxygens (including phenoxy) is 1. The van der Waals surface area contributed by atoms with Gasteiger partial charge in [-0.05, 0) is 55.3 Å². The highest BCUT2D eigenvalue weighted by Gasteiger charge is 2.25. The molecule has 0 aliphatic rings. The van der Waals surface area contributed by atoms with Crippen LogP contribution in [0.25, 0.3) is 0 Å². The van der Waals surface area contributed by atoms with Crippen LogP contribution in [-0.2, 0) is 16.1 Å². The van der Waals surface area contributed by atoms with E-state index in [0.717, 1.165) is 15.6 Å². The first kappa shape index (κ1) is 21.3. The summed E-state index contributed by atoms with van der Waals surface area (Å²) in [5, 5.41) is 3.22. The van der Waals surface area contributed by atoms with E-state index in [9.17, 15) is 9.59 Å². The number of amides is 2. The van der Waals surface area contributed by atoms with Crippen LogP contribution in [0.3, 0.4) is 0 Å². The molecule has 1 N–H and O–H groups in total. The Morgan fingerprint density at radius 1 is 1.22 bits per heavy atom. The fourth-order valence-corrected chi connectivity index (χ4v) is 2.89. The molecular weight excluding hydrogens is 432 g/mol. The summed E-state index contributed by atoms with van der Waals surface area (Å²) in [7, 11) is 1.55. The lowest BCUT2D eigenvalue weighted by molar-refractivity contribution is -0.142. The molecule has 0 aromatic heterocycles. The lowest BCUT2D eigenvalue weighted by Crippen LogP contribution is -2.48. The first-order chi connectivity index (χ1) is 12.8. The Labute approximate surface area is 172 Å². The van der Waals surface area contributed by atoms with Gasteiger partial charge < -0.3 is 15.0 Å². The number of likely N-dealkylation sites (N-methyl/N-ethyl adjacent to an activating group) is 1. The topological polar surface area (TPSA) is 58.6 Å². The minimum atomic E-state index is -0.623. The number of rotatable bonds is 7. The summed E-state index contributed by atoms with van der Waals surface area (Å²) in [6.45, 7) is 3.70. The molecule has 144 valence electrons. The second-order valence-electron chi connectivity index (χ2n) is 6.14. The average Bonchev–Trinajstić information content (AvgIpc) is 2.67. The van der Waals surface area contributed by atoms with Gasteiger partial charge in [0.1, 0.15) is 11.8 Å². The van der Waals surface area contributed by atoms with E-state index in [1.54, 1.807) is 32.2 Å². The van der Waals surface area contributed by atoms with Crippen LogP contribution in [-0.4, -0.2) is 36.4 Å². The largest absolute Gasteiger partial charge is 0.484 e. The number of hydrogen-bond donors (Lipinski definition) is 1. The van der Waals surface area contributed by atoms with Crippen LogP contribution in [0.15, 0.2) is 46.9 Å². The van der Waals surface area contributed by atoms with Crippen molar-refractivity contribution in [3.8, 4) is 5.75 Å². The van der Waals surface area contributed by atoms with Gasteiger partial charge in [-0.1, -0.05) is 39.7 Å². The minimum absolute atomic E-state index is 0.168. The molecule has 2 aromatic carbocycles. The zero-order valence-electron chi connectivity index (χ0n) is 15.5. The molecule has 0 fully saturated rings. The molecule has 0 unspecified atom stereocenters. The highest BCUT2D eigenvalue weighted by Crippen LogP contribution is 2.21. The molecule has 27 heavy (non-hydrogen) atoms. The zero-order chi connectivity index (χ0) is 20.0. The smallest absolute Gasteiger partial charge is 0.261 e. The molecule has 2 amide bonds.